The predicted octanol–water partition coefficient (Wildman–Crippen LogP) is 1.60. The molecule has 0 radical (unpaired) electrons. The molecule has 0 saturated carbocycles. The number of hydrogen-bond donors (Lipinski definition) is 1. The number of aliphatic hydroxyl groups excluding tert-OH is 1. The summed E-state index contributed by atoms with van der Waals surface area (Å²) in [6, 6.07) is 10.1. The number of anilines is 1. The first-order chi connectivity index (χ1) is 11.7. The molecule has 1 aromatic carbocycles. The molecule has 0 spiro atoms. The number of carbonyl (C=O) groups is 1. The first kappa shape index (κ1) is 16.4. The molecule has 5 nitrogen and oxygen atoms in total. The van der Waals surface area contributed by atoms with Crippen LogP contribution in [0.5, 0.6) is 0 Å². The van der Waals surface area contributed by atoms with E-state index in [0.29, 0.717) is 37.4 Å². The van der Waals surface area contributed by atoms with Crippen LogP contribution in [0.3, 0.4) is 0 Å². The van der Waals surface area contributed by atoms with E-state index in [1.807, 2.05) is 12.1 Å². The highest BCUT2D eigenvalue weighted by Gasteiger charge is 2.22. The lowest BCUT2D eigenvalue weighted by Gasteiger charge is -2.36. The zero-order chi connectivity index (χ0) is 16.9. The highest BCUT2D eigenvalue weighted by atomic mass is 19.1. The highest BCUT2D eigenvalue weighted by Crippen LogP contribution is 2.17. The average Bonchev–Trinajstić information content (AvgIpc) is 2.64. The van der Waals surface area contributed by atoms with Gasteiger partial charge in [0, 0.05) is 38.1 Å². The Labute approximate surface area is 140 Å². The van der Waals surface area contributed by atoms with Gasteiger partial charge in [-0.2, -0.15) is 0 Å². The van der Waals surface area contributed by atoms with E-state index >= 15 is 0 Å². The first-order valence-corrected chi connectivity index (χ1v) is 7.99. The summed E-state index contributed by atoms with van der Waals surface area (Å²) in [4.78, 5) is 20.4. The maximum atomic E-state index is 13.7. The monoisotopic (exact) mass is 329 g/mol. The number of nitrogens with zero attached hydrogens (tertiary/aromatic N) is 3. The van der Waals surface area contributed by atoms with Gasteiger partial charge in [0.2, 0.25) is 5.91 Å². The molecule has 2 heterocycles. The van der Waals surface area contributed by atoms with Crippen molar-refractivity contribution in [1.82, 2.24) is 9.88 Å². The standard InChI is InChI=1S/C18H20FN3O2/c19-17-4-2-1-3-14(17)11-18(24)22-9-7-21(8-10-22)16-5-6-20-15(12-16)13-23/h1-6,12,23H,7-11,13H2. The lowest BCUT2D eigenvalue weighted by atomic mass is 10.1. The van der Waals surface area contributed by atoms with Crippen LogP contribution in [-0.4, -0.2) is 47.1 Å². The van der Waals surface area contributed by atoms with Crippen LogP contribution in [-0.2, 0) is 17.8 Å². The van der Waals surface area contributed by atoms with Crippen LogP contribution in [0.2, 0.25) is 0 Å². The molecule has 24 heavy (non-hydrogen) atoms. The molecule has 1 amide bonds. The molecule has 0 atom stereocenters. The SMILES string of the molecule is O=C(Cc1ccccc1F)N1CCN(c2ccnc(CO)c2)CC1. The van der Waals surface area contributed by atoms with Gasteiger partial charge in [0.15, 0.2) is 0 Å². The summed E-state index contributed by atoms with van der Waals surface area (Å²) in [6.45, 7) is 2.53. The summed E-state index contributed by atoms with van der Waals surface area (Å²) in [6.07, 6.45) is 1.77. The van der Waals surface area contributed by atoms with Gasteiger partial charge in [0.05, 0.1) is 18.7 Å². The zero-order valence-electron chi connectivity index (χ0n) is 13.4. The molecular weight excluding hydrogens is 309 g/mol. The van der Waals surface area contributed by atoms with Gasteiger partial charge >= 0.3 is 0 Å². The number of benzene rings is 1. The summed E-state index contributed by atoms with van der Waals surface area (Å²) >= 11 is 0. The van der Waals surface area contributed by atoms with Crippen LogP contribution in [0, 0.1) is 5.82 Å². The minimum absolute atomic E-state index is 0.0504. The minimum Gasteiger partial charge on any atom is -0.390 e. The summed E-state index contributed by atoms with van der Waals surface area (Å²) < 4.78 is 13.7. The van der Waals surface area contributed by atoms with Gasteiger partial charge in [-0.25, -0.2) is 4.39 Å². The van der Waals surface area contributed by atoms with E-state index in [9.17, 15) is 14.3 Å². The molecule has 126 valence electrons. The summed E-state index contributed by atoms with van der Waals surface area (Å²) in [5.41, 5.74) is 2.06. The smallest absolute Gasteiger partial charge is 0.227 e. The summed E-state index contributed by atoms with van der Waals surface area (Å²) in [7, 11) is 0. The van der Waals surface area contributed by atoms with Crippen molar-refractivity contribution in [2.75, 3.05) is 31.1 Å². The molecule has 1 aromatic heterocycles. The molecule has 1 fully saturated rings. The van der Waals surface area contributed by atoms with Gasteiger partial charge in [0.25, 0.3) is 0 Å². The number of aliphatic hydroxyl groups is 1. The van der Waals surface area contributed by atoms with E-state index in [1.54, 1.807) is 29.3 Å². The second kappa shape index (κ2) is 7.40. The number of rotatable bonds is 4. The average molecular weight is 329 g/mol. The molecule has 1 saturated heterocycles. The Bertz CT molecular complexity index is 715. The van der Waals surface area contributed by atoms with E-state index in [-0.39, 0.29) is 24.8 Å². The summed E-state index contributed by atoms with van der Waals surface area (Å²) in [5, 5.41) is 9.17. The predicted molar refractivity (Wildman–Crippen MR) is 89.1 cm³/mol. The maximum Gasteiger partial charge on any atom is 0.227 e. The lowest BCUT2D eigenvalue weighted by molar-refractivity contribution is -0.130. The van der Waals surface area contributed by atoms with Crippen molar-refractivity contribution >= 4 is 11.6 Å². The largest absolute Gasteiger partial charge is 0.390 e. The molecule has 1 aliphatic heterocycles. The van der Waals surface area contributed by atoms with Gasteiger partial charge in [-0.05, 0) is 23.8 Å². The number of aromatic nitrogens is 1. The fraction of sp³-hybridized carbons (Fsp3) is 0.333. The molecule has 3 rings (SSSR count). The first-order valence-electron chi connectivity index (χ1n) is 7.99. The number of amides is 1. The lowest BCUT2D eigenvalue weighted by Crippen LogP contribution is -2.49. The topological polar surface area (TPSA) is 56.7 Å². The van der Waals surface area contributed by atoms with Crippen molar-refractivity contribution in [3.05, 3.63) is 59.7 Å². The third kappa shape index (κ3) is 3.71. The minimum atomic E-state index is -0.335. The second-order valence-corrected chi connectivity index (χ2v) is 5.80. The summed E-state index contributed by atoms with van der Waals surface area (Å²) in [5.74, 6) is -0.386. The Morgan fingerprint density at radius 1 is 1.17 bits per heavy atom. The molecular formula is C18H20FN3O2. The third-order valence-corrected chi connectivity index (χ3v) is 4.26. The normalized spacial score (nSPS) is 14.8. The van der Waals surface area contributed by atoms with Crippen molar-refractivity contribution < 1.29 is 14.3 Å². The van der Waals surface area contributed by atoms with Crippen LogP contribution in [0.25, 0.3) is 0 Å². The Morgan fingerprint density at radius 2 is 1.92 bits per heavy atom. The molecule has 0 aliphatic carbocycles. The zero-order valence-corrected chi connectivity index (χ0v) is 13.4. The van der Waals surface area contributed by atoms with Crippen molar-refractivity contribution in [3.63, 3.8) is 0 Å². The molecule has 1 N–H and O–H groups in total. The molecule has 1 aliphatic rings. The van der Waals surface area contributed by atoms with Crippen LogP contribution < -0.4 is 4.90 Å². The maximum absolute atomic E-state index is 13.7. The molecule has 0 unspecified atom stereocenters. The van der Waals surface area contributed by atoms with Crippen LogP contribution in [0.15, 0.2) is 42.6 Å². The van der Waals surface area contributed by atoms with Gasteiger partial charge in [0.1, 0.15) is 5.82 Å². The number of pyridine rings is 1. The van der Waals surface area contributed by atoms with Crippen molar-refractivity contribution in [3.8, 4) is 0 Å². The Hall–Kier alpha value is -2.47. The molecule has 2 aromatic rings. The number of hydrogen-bond acceptors (Lipinski definition) is 4. The van der Waals surface area contributed by atoms with Gasteiger partial charge in [-0.1, -0.05) is 18.2 Å². The van der Waals surface area contributed by atoms with Gasteiger partial charge in [-0.3, -0.25) is 9.78 Å². The quantitative estimate of drug-likeness (QED) is 0.926. The van der Waals surface area contributed by atoms with Crippen LogP contribution in [0.4, 0.5) is 10.1 Å². The number of halogens is 1. The van der Waals surface area contributed by atoms with E-state index < -0.39 is 0 Å². The Morgan fingerprint density at radius 3 is 2.62 bits per heavy atom. The van der Waals surface area contributed by atoms with Crippen molar-refractivity contribution in [2.24, 2.45) is 0 Å². The van der Waals surface area contributed by atoms with Gasteiger partial charge < -0.3 is 14.9 Å². The van der Waals surface area contributed by atoms with E-state index in [2.05, 4.69) is 9.88 Å². The van der Waals surface area contributed by atoms with E-state index in [1.165, 1.54) is 6.07 Å². The van der Waals surface area contributed by atoms with Gasteiger partial charge in [-0.15, -0.1) is 0 Å². The van der Waals surface area contributed by atoms with Crippen molar-refractivity contribution in [2.45, 2.75) is 13.0 Å². The Kier molecular flexibility index (Phi) is 5.05. The van der Waals surface area contributed by atoms with Crippen LogP contribution in [0.1, 0.15) is 11.3 Å². The Balaban J connectivity index is 1.58. The van der Waals surface area contributed by atoms with E-state index in [4.69, 9.17) is 0 Å². The molecule has 0 bridgehead atoms. The molecule has 6 heteroatoms. The fourth-order valence-electron chi connectivity index (χ4n) is 2.88. The van der Waals surface area contributed by atoms with Crippen molar-refractivity contribution in [1.29, 1.82) is 0 Å². The highest BCUT2D eigenvalue weighted by molar-refractivity contribution is 5.79. The fourth-order valence-corrected chi connectivity index (χ4v) is 2.88. The second-order valence-electron chi connectivity index (χ2n) is 5.80. The number of piperazine rings is 1. The van der Waals surface area contributed by atoms with Crippen LogP contribution >= 0.6 is 0 Å². The third-order valence-electron chi connectivity index (χ3n) is 4.26. The number of carbonyl (C=O) groups excluding carboxylic acids is 1. The van der Waals surface area contributed by atoms with E-state index in [0.717, 1.165) is 5.69 Å².